The molecule has 2 aromatic rings. The molecule has 0 bridgehead atoms. The number of hydrogen-bond donors (Lipinski definition) is 3. The zero-order chi connectivity index (χ0) is 21.0. The number of amides is 2. The van der Waals surface area contributed by atoms with E-state index in [0.29, 0.717) is 55.6 Å². The molecule has 2 aliphatic carbocycles. The fourth-order valence-corrected chi connectivity index (χ4v) is 5.42. The summed E-state index contributed by atoms with van der Waals surface area (Å²) in [5.41, 5.74) is 3.58. The summed E-state index contributed by atoms with van der Waals surface area (Å²) < 4.78 is 38.6. The minimum Gasteiger partial charge on any atom is -0.475 e. The number of halogens is 1. The summed E-state index contributed by atoms with van der Waals surface area (Å²) in [6.45, 7) is 0.895. The predicted octanol–water partition coefficient (Wildman–Crippen LogP) is 1.52. The van der Waals surface area contributed by atoms with Gasteiger partial charge in [-0.15, -0.1) is 4.36 Å². The fraction of sp³-hybridized carbons (Fsp3) is 0.474. The number of benzene rings is 1. The lowest BCUT2D eigenvalue weighted by atomic mass is 9.83. The number of aromatic nitrogens is 2. The van der Waals surface area contributed by atoms with Crippen LogP contribution in [0.3, 0.4) is 0 Å². The summed E-state index contributed by atoms with van der Waals surface area (Å²) in [7, 11) is -1.75. The van der Waals surface area contributed by atoms with E-state index in [4.69, 9.17) is 9.88 Å². The first-order chi connectivity index (χ1) is 14.4. The van der Waals surface area contributed by atoms with E-state index < -0.39 is 15.9 Å². The number of urea groups is 1. The van der Waals surface area contributed by atoms with E-state index in [1.807, 2.05) is 7.05 Å². The van der Waals surface area contributed by atoms with Crippen molar-refractivity contribution in [3.05, 3.63) is 34.3 Å². The van der Waals surface area contributed by atoms with Gasteiger partial charge in [-0.3, -0.25) is 0 Å². The van der Waals surface area contributed by atoms with Crippen molar-refractivity contribution in [1.82, 2.24) is 15.1 Å². The van der Waals surface area contributed by atoms with Crippen LogP contribution < -0.4 is 20.5 Å². The molecule has 0 spiro atoms. The summed E-state index contributed by atoms with van der Waals surface area (Å²) in [4.78, 5) is 12.7. The van der Waals surface area contributed by atoms with E-state index in [2.05, 4.69) is 20.1 Å². The van der Waals surface area contributed by atoms with E-state index in [1.165, 1.54) is 6.20 Å². The maximum absolute atomic E-state index is 14.6. The average Bonchev–Trinajstić information content (AvgIpc) is 3.32. The van der Waals surface area contributed by atoms with Gasteiger partial charge < -0.3 is 15.4 Å². The molecule has 0 fully saturated rings. The van der Waals surface area contributed by atoms with Crippen molar-refractivity contribution in [1.29, 1.82) is 0 Å². The zero-order valence-corrected chi connectivity index (χ0v) is 17.4. The molecule has 2 heterocycles. The summed E-state index contributed by atoms with van der Waals surface area (Å²) in [6, 6.07) is -0.751. The highest BCUT2D eigenvalue weighted by Crippen LogP contribution is 2.42. The first-order valence-corrected chi connectivity index (χ1v) is 11.5. The van der Waals surface area contributed by atoms with E-state index >= 15 is 0 Å². The van der Waals surface area contributed by atoms with Crippen molar-refractivity contribution in [3.63, 3.8) is 0 Å². The van der Waals surface area contributed by atoms with Gasteiger partial charge in [0.25, 0.3) is 0 Å². The zero-order valence-electron chi connectivity index (χ0n) is 16.5. The maximum atomic E-state index is 14.6. The number of rotatable bonds is 3. The lowest BCUT2D eigenvalue weighted by Gasteiger charge is -2.26. The summed E-state index contributed by atoms with van der Waals surface area (Å²) in [5.74, 6) is 0.127. The molecule has 160 valence electrons. The second-order valence-electron chi connectivity index (χ2n) is 7.84. The molecule has 0 radical (unpaired) electrons. The summed E-state index contributed by atoms with van der Waals surface area (Å²) in [5, 5.41) is 15.9. The molecule has 2 amide bonds. The van der Waals surface area contributed by atoms with Crippen molar-refractivity contribution >= 4 is 21.6 Å². The van der Waals surface area contributed by atoms with Crippen molar-refractivity contribution in [2.75, 3.05) is 19.0 Å². The Morgan fingerprint density at radius 3 is 2.73 bits per heavy atom. The van der Waals surface area contributed by atoms with Crippen LogP contribution in [0.15, 0.2) is 15.5 Å². The topological polar surface area (TPSA) is 124 Å². The lowest BCUT2D eigenvalue weighted by molar-refractivity contribution is 0.184. The number of nitrogens with one attached hydrogen (secondary N) is 2. The third-order valence-corrected chi connectivity index (χ3v) is 7.44. The number of carbonyl (C=O) groups is 1. The standard InChI is InChI=1S/C19H23FN6O3S/c1-22-10-8-26-18(29-9-10)15(7-23-26)30(21,28)25-19(27)24-17-13-4-2-3-11(13)16(20)12-5-6-14(12)17/h7,10,22H,2-6,8-9H2,1H3,(H3,21,24,25,27,28)/t10-,30+/m0/s1. The largest absolute Gasteiger partial charge is 0.475 e. The second-order valence-corrected chi connectivity index (χ2v) is 9.60. The van der Waals surface area contributed by atoms with Gasteiger partial charge in [-0.1, -0.05) is 0 Å². The Morgan fingerprint density at radius 1 is 1.30 bits per heavy atom. The molecule has 2 atom stereocenters. The molecule has 30 heavy (non-hydrogen) atoms. The number of likely N-dealkylation sites (N-methyl/N-ethyl adjacent to an activating group) is 1. The number of nitrogens with two attached hydrogens (primary N) is 1. The number of fused-ring (bicyclic) bond motifs is 3. The minimum absolute atomic E-state index is 0.0676. The maximum Gasteiger partial charge on any atom is 0.354 e. The van der Waals surface area contributed by atoms with E-state index in [-0.39, 0.29) is 22.6 Å². The number of carbonyl (C=O) groups excluding carboxylic acids is 1. The molecule has 1 aliphatic heterocycles. The molecule has 9 nitrogen and oxygen atoms in total. The van der Waals surface area contributed by atoms with Crippen LogP contribution in [0.25, 0.3) is 0 Å². The van der Waals surface area contributed by atoms with Crippen LogP contribution in [0.1, 0.15) is 28.7 Å². The van der Waals surface area contributed by atoms with Gasteiger partial charge >= 0.3 is 6.03 Å². The Balaban J connectivity index is 1.45. The minimum atomic E-state index is -3.57. The molecule has 0 saturated heterocycles. The number of ether oxygens (including phenoxy) is 1. The fourth-order valence-electron chi connectivity index (χ4n) is 4.42. The third-order valence-electron chi connectivity index (χ3n) is 6.09. The highest BCUT2D eigenvalue weighted by molar-refractivity contribution is 7.91. The molecular weight excluding hydrogens is 411 g/mol. The van der Waals surface area contributed by atoms with E-state index in [0.717, 1.165) is 17.5 Å². The first kappa shape index (κ1) is 19.5. The Labute approximate surface area is 173 Å². The van der Waals surface area contributed by atoms with Gasteiger partial charge in [-0.25, -0.2) is 23.2 Å². The average molecular weight is 434 g/mol. The van der Waals surface area contributed by atoms with Gasteiger partial charge in [0, 0.05) is 5.69 Å². The predicted molar refractivity (Wildman–Crippen MR) is 108 cm³/mol. The Morgan fingerprint density at radius 2 is 2.00 bits per heavy atom. The first-order valence-electron chi connectivity index (χ1n) is 9.95. The van der Waals surface area contributed by atoms with Crippen LogP contribution in [-0.2, 0) is 42.1 Å². The van der Waals surface area contributed by atoms with Crippen LogP contribution in [0.2, 0.25) is 0 Å². The number of nitrogens with zero attached hydrogens (tertiary/aromatic N) is 3. The van der Waals surface area contributed by atoms with Gasteiger partial charge in [0.2, 0.25) is 5.88 Å². The Kier molecular flexibility index (Phi) is 4.56. The van der Waals surface area contributed by atoms with Crippen LogP contribution in [0.5, 0.6) is 5.88 Å². The highest BCUT2D eigenvalue weighted by atomic mass is 32.2. The second kappa shape index (κ2) is 7.03. The molecule has 0 saturated carbocycles. The molecular formula is C19H23FN6O3S. The van der Waals surface area contributed by atoms with Crippen molar-refractivity contribution in [2.24, 2.45) is 9.50 Å². The van der Waals surface area contributed by atoms with E-state index in [1.54, 1.807) is 4.68 Å². The van der Waals surface area contributed by atoms with Crippen LogP contribution in [0, 0.1) is 5.82 Å². The molecule has 11 heteroatoms. The summed E-state index contributed by atoms with van der Waals surface area (Å²) in [6.07, 6.45) is 4.89. The third kappa shape index (κ3) is 2.99. The highest BCUT2D eigenvalue weighted by Gasteiger charge is 2.32. The van der Waals surface area contributed by atoms with Crippen LogP contribution >= 0.6 is 0 Å². The normalized spacial score (nSPS) is 20.8. The Bertz CT molecular complexity index is 1180. The molecule has 3 aliphatic rings. The molecule has 1 aromatic carbocycles. The molecule has 5 rings (SSSR count). The van der Waals surface area contributed by atoms with Crippen LogP contribution in [-0.4, -0.2) is 39.7 Å². The molecule has 4 N–H and O–H groups in total. The van der Waals surface area contributed by atoms with Gasteiger partial charge in [0.05, 0.1) is 18.8 Å². The Hall–Kier alpha value is -2.50. The van der Waals surface area contributed by atoms with Gasteiger partial charge in [-0.05, 0) is 61.4 Å². The molecule has 0 unspecified atom stereocenters. The van der Waals surface area contributed by atoms with Crippen LogP contribution in [0.4, 0.5) is 14.9 Å². The smallest absolute Gasteiger partial charge is 0.354 e. The van der Waals surface area contributed by atoms with Gasteiger partial charge in [-0.2, -0.15) is 5.10 Å². The van der Waals surface area contributed by atoms with Crippen molar-refractivity contribution in [3.8, 4) is 5.88 Å². The lowest BCUT2D eigenvalue weighted by Crippen LogP contribution is -2.40. The SMILES string of the molecule is CN[C@@H]1COc2c([S@](N)(=O)=NC(=O)Nc3c4c(c(F)c5c3CC5)CCC4)cnn2C1. The van der Waals surface area contributed by atoms with Crippen molar-refractivity contribution < 1.29 is 18.1 Å². The monoisotopic (exact) mass is 434 g/mol. The number of hydrogen-bond acceptors (Lipinski definition) is 5. The quantitative estimate of drug-likeness (QED) is 0.676. The molecule has 1 aromatic heterocycles. The van der Waals surface area contributed by atoms with Crippen molar-refractivity contribution in [2.45, 2.75) is 49.6 Å². The van der Waals surface area contributed by atoms with Gasteiger partial charge in [0.1, 0.15) is 17.3 Å². The number of anilines is 1. The van der Waals surface area contributed by atoms with E-state index in [9.17, 15) is 13.4 Å². The van der Waals surface area contributed by atoms with Gasteiger partial charge in [0.15, 0.2) is 9.92 Å². The summed E-state index contributed by atoms with van der Waals surface area (Å²) >= 11 is 0.